The molecule has 0 saturated carbocycles. The van der Waals surface area contributed by atoms with Gasteiger partial charge in [-0.15, -0.1) is 0 Å². The van der Waals surface area contributed by atoms with Gasteiger partial charge in [0.05, 0.1) is 17.5 Å². The van der Waals surface area contributed by atoms with Crippen molar-refractivity contribution < 1.29 is 13.2 Å². The first-order valence-corrected chi connectivity index (χ1v) is 7.97. The van der Waals surface area contributed by atoms with Crippen LogP contribution in [0.1, 0.15) is 38.7 Å². The maximum absolute atomic E-state index is 14.5. The van der Waals surface area contributed by atoms with Crippen molar-refractivity contribution in [3.63, 3.8) is 0 Å². The van der Waals surface area contributed by atoms with Crippen molar-refractivity contribution in [2.24, 2.45) is 0 Å². The second kappa shape index (κ2) is 5.74. The molecular weight excluding hydrogens is 367 g/mol. The Kier molecular flexibility index (Phi) is 4.68. The summed E-state index contributed by atoms with van der Waals surface area (Å²) < 4.78 is 43.4. The molecule has 0 bridgehead atoms. The Morgan fingerprint density at radius 3 is 2.48 bits per heavy atom. The molecule has 21 heavy (non-hydrogen) atoms. The maximum Gasteiger partial charge on any atom is 0.267 e. The fraction of sp³-hybridized carbons (Fsp3) is 0.600. The van der Waals surface area contributed by atoms with Crippen molar-refractivity contribution in [1.82, 2.24) is 4.90 Å². The van der Waals surface area contributed by atoms with Gasteiger partial charge in [0.1, 0.15) is 5.82 Å². The molecule has 6 heteroatoms. The number of benzene rings is 1. The van der Waals surface area contributed by atoms with Crippen LogP contribution in [0.3, 0.4) is 0 Å². The van der Waals surface area contributed by atoms with E-state index in [0.29, 0.717) is 11.0 Å². The van der Waals surface area contributed by atoms with Crippen molar-refractivity contribution in [2.75, 3.05) is 13.1 Å². The Labute approximate surface area is 136 Å². The van der Waals surface area contributed by atoms with Gasteiger partial charge in [-0.25, -0.2) is 13.2 Å². The third kappa shape index (κ3) is 3.57. The maximum atomic E-state index is 14.5. The average Bonchev–Trinajstić information content (AvgIpc) is 2.32. The molecule has 1 atom stereocenters. The van der Waals surface area contributed by atoms with E-state index < -0.39 is 17.7 Å². The van der Waals surface area contributed by atoms with Crippen LogP contribution in [0.5, 0.6) is 0 Å². The molecule has 1 aromatic rings. The van der Waals surface area contributed by atoms with Crippen LogP contribution < -0.4 is 0 Å². The van der Waals surface area contributed by atoms with Gasteiger partial charge in [-0.1, -0.05) is 11.6 Å². The minimum absolute atomic E-state index is 0.00163. The van der Waals surface area contributed by atoms with Gasteiger partial charge in [0, 0.05) is 10.0 Å². The number of piperidine rings is 1. The Balaban J connectivity index is 2.32. The number of hydrogen-bond acceptors (Lipinski definition) is 1. The number of alkyl halides is 2. The third-order valence-corrected chi connectivity index (χ3v) is 5.16. The smallest absolute Gasteiger partial charge is 0.267 e. The zero-order chi connectivity index (χ0) is 16.0. The topological polar surface area (TPSA) is 3.24 Å². The number of halogens is 5. The van der Waals surface area contributed by atoms with Gasteiger partial charge in [-0.3, -0.25) is 4.90 Å². The Morgan fingerprint density at radius 2 is 1.95 bits per heavy atom. The minimum Gasteiger partial charge on any atom is -0.293 e. The highest BCUT2D eigenvalue weighted by Crippen LogP contribution is 2.44. The average molecular weight is 385 g/mol. The predicted molar refractivity (Wildman–Crippen MR) is 82.7 cm³/mol. The molecule has 1 aliphatic heterocycles. The molecule has 0 radical (unpaired) electrons. The van der Waals surface area contributed by atoms with E-state index in [9.17, 15) is 13.2 Å². The highest BCUT2D eigenvalue weighted by atomic mass is 79.9. The van der Waals surface area contributed by atoms with E-state index in [2.05, 4.69) is 15.9 Å². The molecule has 118 valence electrons. The normalized spacial score (nSPS) is 23.3. The molecule has 0 aromatic heterocycles. The summed E-state index contributed by atoms with van der Waals surface area (Å²) in [5.74, 6) is -4.76. The lowest BCUT2D eigenvalue weighted by Gasteiger charge is -2.45. The van der Waals surface area contributed by atoms with Crippen LogP contribution in [-0.4, -0.2) is 29.5 Å². The zero-order valence-electron chi connectivity index (χ0n) is 12.2. The largest absolute Gasteiger partial charge is 0.293 e. The molecule has 2 rings (SSSR count). The van der Waals surface area contributed by atoms with Crippen LogP contribution in [-0.2, 0) is 0 Å². The van der Waals surface area contributed by atoms with E-state index in [-0.39, 0.29) is 29.1 Å². The molecule has 0 spiro atoms. The monoisotopic (exact) mass is 383 g/mol. The molecule has 1 aromatic carbocycles. The van der Waals surface area contributed by atoms with Crippen LogP contribution in [0.4, 0.5) is 13.2 Å². The van der Waals surface area contributed by atoms with Crippen LogP contribution in [0, 0.1) is 5.82 Å². The first kappa shape index (κ1) is 17.1. The fourth-order valence-electron chi connectivity index (χ4n) is 2.70. The number of rotatable bonds is 1. The molecule has 1 heterocycles. The summed E-state index contributed by atoms with van der Waals surface area (Å²) in [5.41, 5.74) is -0.327. The molecule has 0 aliphatic carbocycles. The van der Waals surface area contributed by atoms with Gasteiger partial charge >= 0.3 is 0 Å². The van der Waals surface area contributed by atoms with Crippen molar-refractivity contribution in [3.8, 4) is 0 Å². The van der Waals surface area contributed by atoms with Gasteiger partial charge in [0.2, 0.25) is 0 Å². The number of hydrogen-bond donors (Lipinski definition) is 0. The van der Waals surface area contributed by atoms with E-state index in [1.54, 1.807) is 4.90 Å². The van der Waals surface area contributed by atoms with E-state index in [1.807, 2.05) is 20.8 Å². The minimum atomic E-state index is -2.98. The summed E-state index contributed by atoms with van der Waals surface area (Å²) in [7, 11) is 0. The van der Waals surface area contributed by atoms with Crippen molar-refractivity contribution in [1.29, 1.82) is 0 Å². The molecule has 0 amide bonds. The predicted octanol–water partition coefficient (Wildman–Crippen LogP) is 5.46. The van der Waals surface area contributed by atoms with Crippen LogP contribution in [0.15, 0.2) is 16.6 Å². The lowest BCUT2D eigenvalue weighted by atomic mass is 9.84. The standard InChI is InChI=1S/C15H18BrClF3N/c1-14(2,3)21-5-4-10(15(19,20)8-21)9-6-12(17)11(16)7-13(9)18/h6-7,10H,4-5,8H2,1-3H3. The van der Waals surface area contributed by atoms with E-state index in [0.717, 1.165) is 6.07 Å². The van der Waals surface area contributed by atoms with Gasteiger partial charge in [0.25, 0.3) is 5.92 Å². The molecule has 1 aliphatic rings. The number of nitrogens with zero attached hydrogens (tertiary/aromatic N) is 1. The second-order valence-corrected chi connectivity index (χ2v) is 7.74. The van der Waals surface area contributed by atoms with Gasteiger partial charge in [-0.05, 0) is 67.4 Å². The highest BCUT2D eigenvalue weighted by molar-refractivity contribution is 9.10. The Hall–Kier alpha value is -0.260. The van der Waals surface area contributed by atoms with Gasteiger partial charge in [-0.2, -0.15) is 0 Å². The van der Waals surface area contributed by atoms with Gasteiger partial charge < -0.3 is 0 Å². The zero-order valence-corrected chi connectivity index (χ0v) is 14.5. The molecule has 1 unspecified atom stereocenters. The second-order valence-electron chi connectivity index (χ2n) is 6.48. The third-order valence-electron chi connectivity index (χ3n) is 3.96. The highest BCUT2D eigenvalue weighted by Gasteiger charge is 2.48. The number of likely N-dealkylation sites (tertiary alicyclic amines) is 1. The lowest BCUT2D eigenvalue weighted by molar-refractivity contribution is -0.104. The molecular formula is C15H18BrClF3N. The van der Waals surface area contributed by atoms with Crippen molar-refractivity contribution >= 4 is 27.5 Å². The molecule has 1 nitrogen and oxygen atoms in total. The summed E-state index contributed by atoms with van der Waals surface area (Å²) in [5, 5.41) is 0.250. The van der Waals surface area contributed by atoms with Crippen LogP contribution >= 0.6 is 27.5 Å². The molecule has 1 saturated heterocycles. The lowest BCUT2D eigenvalue weighted by Crippen LogP contribution is -2.54. The summed E-state index contributed by atoms with van der Waals surface area (Å²) in [6, 6.07) is 2.47. The fourth-order valence-corrected chi connectivity index (χ4v) is 3.19. The molecule has 1 fully saturated rings. The summed E-state index contributed by atoms with van der Waals surface area (Å²) in [4.78, 5) is 1.74. The summed E-state index contributed by atoms with van der Waals surface area (Å²) >= 11 is 9.03. The van der Waals surface area contributed by atoms with Crippen molar-refractivity contribution in [3.05, 3.63) is 33.0 Å². The van der Waals surface area contributed by atoms with Gasteiger partial charge in [0.15, 0.2) is 0 Å². The van der Waals surface area contributed by atoms with E-state index in [1.165, 1.54) is 6.07 Å². The summed E-state index contributed by atoms with van der Waals surface area (Å²) in [6.45, 7) is 5.85. The first-order chi connectivity index (χ1) is 9.52. The Morgan fingerprint density at radius 1 is 1.33 bits per heavy atom. The van der Waals surface area contributed by atoms with Crippen LogP contribution in [0.2, 0.25) is 5.02 Å². The van der Waals surface area contributed by atoms with Crippen molar-refractivity contribution in [2.45, 2.75) is 44.6 Å². The van der Waals surface area contributed by atoms with Crippen LogP contribution in [0.25, 0.3) is 0 Å². The Bertz CT molecular complexity index is 542. The quantitative estimate of drug-likeness (QED) is 0.581. The summed E-state index contributed by atoms with van der Waals surface area (Å²) in [6.07, 6.45) is 0.207. The first-order valence-electron chi connectivity index (χ1n) is 6.79. The SMILES string of the molecule is CC(C)(C)N1CCC(c2cc(Cl)c(Br)cc2F)C(F)(F)C1. The van der Waals surface area contributed by atoms with E-state index >= 15 is 0 Å². The van der Waals surface area contributed by atoms with E-state index in [4.69, 9.17) is 11.6 Å². The molecule has 0 N–H and O–H groups in total.